The van der Waals surface area contributed by atoms with Crippen molar-refractivity contribution in [1.82, 2.24) is 19.5 Å². The van der Waals surface area contributed by atoms with E-state index in [4.69, 9.17) is 9.84 Å². The van der Waals surface area contributed by atoms with Gasteiger partial charge in [-0.3, -0.25) is 4.79 Å². The standard InChI is InChI=1S/C29H31F3N6O2/c1-17-14-36(28(39)20-15-40-16-20)11-12-37(17)21-7-8-23-24(13-21)26(35-38-10-9-33-27(23)38)34-19(3)22-5-4-6-25(18(22)2)29(30,31)32/h4-10,13,17,19-20H,11-12,14-16H2,1-3H3,(H,34,35)/t17-,19+/m0/s1. The first-order valence-electron chi connectivity index (χ1n) is 13.5. The van der Waals surface area contributed by atoms with Gasteiger partial charge in [0.15, 0.2) is 11.5 Å². The molecule has 0 aliphatic carbocycles. The Morgan fingerprint density at radius 3 is 2.65 bits per heavy atom. The van der Waals surface area contributed by atoms with Gasteiger partial charge in [-0.05, 0) is 56.2 Å². The van der Waals surface area contributed by atoms with Gasteiger partial charge in [-0.15, -0.1) is 5.10 Å². The highest BCUT2D eigenvalue weighted by molar-refractivity contribution is 6.01. The molecule has 2 aromatic heterocycles. The van der Waals surface area contributed by atoms with Crippen molar-refractivity contribution in [1.29, 1.82) is 0 Å². The third kappa shape index (κ3) is 4.61. The van der Waals surface area contributed by atoms with E-state index in [-0.39, 0.29) is 23.4 Å². The number of halogens is 3. The molecule has 11 heteroatoms. The van der Waals surface area contributed by atoms with E-state index in [0.717, 1.165) is 22.5 Å². The minimum atomic E-state index is -4.42. The van der Waals surface area contributed by atoms with E-state index in [1.165, 1.54) is 13.0 Å². The predicted octanol–water partition coefficient (Wildman–Crippen LogP) is 5.07. The molecular weight excluding hydrogens is 521 g/mol. The number of benzene rings is 2. The van der Waals surface area contributed by atoms with Crippen molar-refractivity contribution in [3.8, 4) is 0 Å². The molecule has 40 heavy (non-hydrogen) atoms. The number of carbonyl (C=O) groups excluding carboxylic acids is 1. The highest BCUT2D eigenvalue weighted by Crippen LogP contribution is 2.37. The van der Waals surface area contributed by atoms with Crippen molar-refractivity contribution in [3.63, 3.8) is 0 Å². The lowest BCUT2D eigenvalue weighted by Gasteiger charge is -2.43. The number of aromatic nitrogens is 3. The Morgan fingerprint density at radius 2 is 1.95 bits per heavy atom. The van der Waals surface area contributed by atoms with E-state index >= 15 is 0 Å². The number of carbonyl (C=O) groups is 1. The third-order valence-electron chi connectivity index (χ3n) is 8.09. The van der Waals surface area contributed by atoms with Crippen LogP contribution in [0, 0.1) is 12.8 Å². The predicted molar refractivity (Wildman–Crippen MR) is 146 cm³/mol. The van der Waals surface area contributed by atoms with Crippen LogP contribution in [0.15, 0.2) is 48.8 Å². The number of ether oxygens (including phenoxy) is 1. The quantitative estimate of drug-likeness (QED) is 0.373. The van der Waals surface area contributed by atoms with E-state index in [0.29, 0.717) is 49.9 Å². The fraction of sp³-hybridized carbons (Fsp3) is 0.414. The van der Waals surface area contributed by atoms with Crippen LogP contribution in [0.5, 0.6) is 0 Å². The molecule has 0 radical (unpaired) electrons. The molecule has 0 saturated carbocycles. The monoisotopic (exact) mass is 552 g/mol. The molecule has 4 heterocycles. The van der Waals surface area contributed by atoms with Gasteiger partial charge in [0.05, 0.1) is 30.7 Å². The summed E-state index contributed by atoms with van der Waals surface area (Å²) in [5.41, 5.74) is 1.79. The summed E-state index contributed by atoms with van der Waals surface area (Å²) in [5.74, 6) is 0.684. The molecule has 1 amide bonds. The summed E-state index contributed by atoms with van der Waals surface area (Å²) >= 11 is 0. The van der Waals surface area contributed by atoms with Gasteiger partial charge in [0, 0.05) is 54.5 Å². The van der Waals surface area contributed by atoms with Gasteiger partial charge in [0.1, 0.15) is 0 Å². The average Bonchev–Trinajstić information content (AvgIpc) is 3.35. The van der Waals surface area contributed by atoms with Crippen LogP contribution < -0.4 is 10.2 Å². The molecule has 2 aromatic carbocycles. The van der Waals surface area contributed by atoms with Crippen molar-refractivity contribution < 1.29 is 22.7 Å². The average molecular weight is 553 g/mol. The summed E-state index contributed by atoms with van der Waals surface area (Å²) in [4.78, 5) is 21.4. The molecule has 2 saturated heterocycles. The first kappa shape index (κ1) is 26.4. The van der Waals surface area contributed by atoms with Crippen LogP contribution in [0.25, 0.3) is 16.4 Å². The van der Waals surface area contributed by atoms with E-state index in [1.807, 2.05) is 17.9 Å². The van der Waals surface area contributed by atoms with Crippen LogP contribution in [-0.4, -0.2) is 64.3 Å². The molecule has 8 nitrogen and oxygen atoms in total. The minimum absolute atomic E-state index is 0.0291. The Morgan fingerprint density at radius 1 is 1.15 bits per heavy atom. The number of alkyl halides is 3. The van der Waals surface area contributed by atoms with Crippen molar-refractivity contribution >= 4 is 33.8 Å². The maximum atomic E-state index is 13.6. The highest BCUT2D eigenvalue weighted by atomic mass is 19.4. The zero-order valence-electron chi connectivity index (χ0n) is 22.6. The second-order valence-electron chi connectivity index (χ2n) is 10.7. The Labute approximate surface area is 229 Å². The molecule has 2 atom stereocenters. The Balaban J connectivity index is 1.33. The van der Waals surface area contributed by atoms with Crippen LogP contribution in [0.1, 0.15) is 36.6 Å². The summed E-state index contributed by atoms with van der Waals surface area (Å²) in [5, 5.41) is 9.83. The Kier molecular flexibility index (Phi) is 6.56. The molecule has 4 aromatic rings. The highest BCUT2D eigenvalue weighted by Gasteiger charge is 2.35. The zero-order chi connectivity index (χ0) is 28.2. The molecule has 0 spiro atoms. The Hall–Kier alpha value is -3.86. The molecule has 2 fully saturated rings. The number of nitrogens with one attached hydrogen (secondary N) is 1. The number of piperazine rings is 1. The zero-order valence-corrected chi connectivity index (χ0v) is 22.6. The fourth-order valence-electron chi connectivity index (χ4n) is 5.83. The van der Waals surface area contributed by atoms with Gasteiger partial charge >= 0.3 is 6.18 Å². The number of imidazole rings is 1. The van der Waals surface area contributed by atoms with Gasteiger partial charge in [-0.2, -0.15) is 13.2 Å². The van der Waals surface area contributed by atoms with E-state index in [9.17, 15) is 18.0 Å². The van der Waals surface area contributed by atoms with Crippen LogP contribution in [0.4, 0.5) is 24.7 Å². The molecule has 6 rings (SSSR count). The lowest BCUT2D eigenvalue weighted by atomic mass is 9.97. The number of anilines is 2. The molecule has 0 bridgehead atoms. The second kappa shape index (κ2) is 9.96. The van der Waals surface area contributed by atoms with Gasteiger partial charge < -0.3 is 19.9 Å². The largest absolute Gasteiger partial charge is 0.416 e. The van der Waals surface area contributed by atoms with E-state index < -0.39 is 17.8 Å². The third-order valence-corrected chi connectivity index (χ3v) is 8.09. The van der Waals surface area contributed by atoms with Crippen LogP contribution >= 0.6 is 0 Å². The summed E-state index contributed by atoms with van der Waals surface area (Å²) in [6, 6.07) is 10.0. The maximum Gasteiger partial charge on any atom is 0.416 e. The number of hydrogen-bond donors (Lipinski definition) is 1. The smallest absolute Gasteiger partial charge is 0.380 e. The first-order valence-corrected chi connectivity index (χ1v) is 13.5. The molecule has 1 N–H and O–H groups in total. The topological polar surface area (TPSA) is 75.0 Å². The number of rotatable bonds is 5. The van der Waals surface area contributed by atoms with Crippen LogP contribution in [0.2, 0.25) is 0 Å². The Bertz CT molecular complexity index is 1580. The molecular formula is C29H31F3N6O2. The van der Waals surface area contributed by atoms with Gasteiger partial charge in [-0.25, -0.2) is 9.50 Å². The lowest BCUT2D eigenvalue weighted by molar-refractivity contribution is -0.150. The van der Waals surface area contributed by atoms with Crippen LogP contribution in [0.3, 0.4) is 0 Å². The van der Waals surface area contributed by atoms with Gasteiger partial charge in [-0.1, -0.05) is 12.1 Å². The van der Waals surface area contributed by atoms with Crippen molar-refractivity contribution in [2.24, 2.45) is 5.92 Å². The minimum Gasteiger partial charge on any atom is -0.380 e. The van der Waals surface area contributed by atoms with Crippen molar-refractivity contribution in [3.05, 3.63) is 65.5 Å². The molecule has 2 aliphatic rings. The summed E-state index contributed by atoms with van der Waals surface area (Å²) < 4.78 is 47.6. The lowest BCUT2D eigenvalue weighted by Crippen LogP contribution is -2.56. The maximum absolute atomic E-state index is 13.6. The number of hydrogen-bond acceptors (Lipinski definition) is 6. The number of amides is 1. The van der Waals surface area contributed by atoms with E-state index in [2.05, 4.69) is 34.3 Å². The number of fused-ring (bicyclic) bond motifs is 3. The first-order chi connectivity index (χ1) is 19.1. The molecule has 210 valence electrons. The van der Waals surface area contributed by atoms with Crippen LogP contribution in [-0.2, 0) is 15.7 Å². The second-order valence-corrected chi connectivity index (χ2v) is 10.7. The van der Waals surface area contributed by atoms with Crippen molar-refractivity contribution in [2.45, 2.75) is 39.0 Å². The normalized spacial score (nSPS) is 19.2. The van der Waals surface area contributed by atoms with Gasteiger partial charge in [0.25, 0.3) is 0 Å². The summed E-state index contributed by atoms with van der Waals surface area (Å²) in [6.45, 7) is 8.39. The molecule has 2 aliphatic heterocycles. The van der Waals surface area contributed by atoms with Gasteiger partial charge in [0.2, 0.25) is 5.91 Å². The molecule has 0 unspecified atom stereocenters. The van der Waals surface area contributed by atoms with Crippen molar-refractivity contribution in [2.75, 3.05) is 43.1 Å². The summed E-state index contributed by atoms with van der Waals surface area (Å²) in [7, 11) is 0. The summed E-state index contributed by atoms with van der Waals surface area (Å²) in [6.07, 6.45) is -1.00. The SMILES string of the molecule is Cc1c([C@@H](C)Nc2nn3ccnc3c3ccc(N4CCN(C(=O)C5COC5)C[C@@H]4C)cc23)cccc1C(F)(F)F. The fourth-order valence-corrected chi connectivity index (χ4v) is 5.83. The number of nitrogens with zero attached hydrogens (tertiary/aromatic N) is 5. The van der Waals surface area contributed by atoms with E-state index in [1.54, 1.807) is 23.0 Å².